The van der Waals surface area contributed by atoms with Crippen LogP contribution in [0.25, 0.3) is 16.7 Å². The van der Waals surface area contributed by atoms with Crippen molar-refractivity contribution in [2.45, 2.75) is 18.6 Å². The molecule has 2 aromatic carbocycles. The molecule has 1 aliphatic heterocycles. The average molecular weight is 490 g/mol. The van der Waals surface area contributed by atoms with E-state index in [1.807, 2.05) is 30.3 Å². The van der Waals surface area contributed by atoms with Crippen molar-refractivity contribution in [1.82, 2.24) is 19.0 Å². The van der Waals surface area contributed by atoms with Gasteiger partial charge in [0.2, 0.25) is 0 Å². The number of aliphatic hydroxyl groups is 1. The molecule has 0 aliphatic carbocycles. The monoisotopic (exact) mass is 489 g/mol. The van der Waals surface area contributed by atoms with Gasteiger partial charge in [-0.25, -0.2) is 14.2 Å². The van der Waals surface area contributed by atoms with Crippen molar-refractivity contribution < 1.29 is 19.0 Å². The summed E-state index contributed by atoms with van der Waals surface area (Å²) in [6.07, 6.45) is 0.750. The van der Waals surface area contributed by atoms with E-state index in [1.165, 1.54) is 15.3 Å². The number of likely N-dealkylation sites (tertiary alicyclic amines) is 1. The Kier molecular flexibility index (Phi) is 6.03. The largest absolute Gasteiger partial charge is 0.457 e. The number of halogens is 1. The number of benzene rings is 2. The minimum absolute atomic E-state index is 0.0317. The minimum atomic E-state index is -1.12. The molecule has 2 atom stereocenters. The van der Waals surface area contributed by atoms with E-state index in [0.29, 0.717) is 28.2 Å². The number of aromatic nitrogens is 3. The Morgan fingerprint density at radius 1 is 1.08 bits per heavy atom. The van der Waals surface area contributed by atoms with Crippen LogP contribution in [0.1, 0.15) is 12.5 Å². The fourth-order valence-electron chi connectivity index (χ4n) is 4.64. The summed E-state index contributed by atoms with van der Waals surface area (Å²) in [5.41, 5.74) is 7.19. The Morgan fingerprint density at radius 3 is 2.47 bits per heavy atom. The number of piperidine rings is 1. The molecule has 1 amide bonds. The number of hydrogen-bond donors (Lipinski definition) is 2. The molecule has 0 bridgehead atoms. The van der Waals surface area contributed by atoms with E-state index in [2.05, 4.69) is 11.6 Å². The van der Waals surface area contributed by atoms with Gasteiger partial charge in [-0.05, 0) is 48.9 Å². The highest BCUT2D eigenvalue weighted by molar-refractivity contribution is 5.91. The summed E-state index contributed by atoms with van der Waals surface area (Å²) in [7, 11) is 0. The van der Waals surface area contributed by atoms with E-state index < -0.39 is 29.6 Å². The number of rotatable bonds is 5. The van der Waals surface area contributed by atoms with Gasteiger partial charge in [0.25, 0.3) is 5.91 Å². The fraction of sp³-hybridized carbons (Fsp3) is 0.192. The Morgan fingerprint density at radius 2 is 1.78 bits per heavy atom. The average Bonchev–Trinajstić information content (AvgIpc) is 3.17. The molecule has 0 unspecified atom stereocenters. The van der Waals surface area contributed by atoms with E-state index >= 15 is 0 Å². The number of para-hydroxylation sites is 1. The number of carbonyl (C=O) groups excluding carboxylic acids is 1. The molecular formula is C26H24FN5O4. The van der Waals surface area contributed by atoms with Gasteiger partial charge in [0.1, 0.15) is 22.8 Å². The van der Waals surface area contributed by atoms with Gasteiger partial charge in [0, 0.05) is 19.3 Å². The van der Waals surface area contributed by atoms with Gasteiger partial charge >= 0.3 is 5.69 Å². The molecule has 3 heterocycles. The minimum Gasteiger partial charge on any atom is -0.457 e. The normalized spacial score (nSPS) is 17.8. The predicted octanol–water partition coefficient (Wildman–Crippen LogP) is 3.18. The van der Waals surface area contributed by atoms with Crippen LogP contribution in [0.15, 0.2) is 84.1 Å². The Balaban J connectivity index is 1.57. The fourth-order valence-corrected chi connectivity index (χ4v) is 4.64. The SMILES string of the molecule is C=C(F)C(=O)N1C[C@H](O)C[C@H](n2c(=O)n(-c3ccc(Oc4ccccc4)cc3)c3c(N)nccc32)C1. The molecule has 1 saturated heterocycles. The van der Waals surface area contributed by atoms with Gasteiger partial charge in [-0.15, -0.1) is 0 Å². The second-order valence-corrected chi connectivity index (χ2v) is 8.62. The summed E-state index contributed by atoms with van der Waals surface area (Å²) >= 11 is 0. The molecule has 9 nitrogen and oxygen atoms in total. The van der Waals surface area contributed by atoms with Gasteiger partial charge in [0.05, 0.1) is 23.3 Å². The van der Waals surface area contributed by atoms with Crippen LogP contribution in [0.4, 0.5) is 10.2 Å². The van der Waals surface area contributed by atoms with Crippen LogP contribution in [0.5, 0.6) is 11.5 Å². The van der Waals surface area contributed by atoms with E-state index in [9.17, 15) is 19.1 Å². The first kappa shape index (κ1) is 23.3. The smallest absolute Gasteiger partial charge is 0.334 e. The molecule has 1 aliphatic rings. The number of amides is 1. The van der Waals surface area contributed by atoms with Crippen molar-refractivity contribution in [2.75, 3.05) is 18.8 Å². The summed E-state index contributed by atoms with van der Waals surface area (Å²) in [5, 5.41) is 10.4. The zero-order chi connectivity index (χ0) is 25.4. The summed E-state index contributed by atoms with van der Waals surface area (Å²) in [6, 6.07) is 17.3. The predicted molar refractivity (Wildman–Crippen MR) is 133 cm³/mol. The molecule has 0 saturated carbocycles. The van der Waals surface area contributed by atoms with Crippen LogP contribution in [0, 0.1) is 0 Å². The molecule has 5 rings (SSSR count). The standard InChI is InChI=1S/C26H24FN5O4/c1-16(27)25(34)30-14-18(13-19(33)15-30)31-22-11-12-29-24(28)23(22)32(26(31)35)17-7-9-21(10-8-17)36-20-5-3-2-4-6-20/h2-12,18-19,33H,1,13-15H2,(H2,28,29)/t18-,19+/m0/s1. The van der Waals surface area contributed by atoms with Crippen molar-refractivity contribution in [3.05, 3.63) is 89.8 Å². The third-order valence-corrected chi connectivity index (χ3v) is 6.18. The van der Waals surface area contributed by atoms with E-state index in [4.69, 9.17) is 10.5 Å². The van der Waals surface area contributed by atoms with Gasteiger partial charge in [-0.3, -0.25) is 13.9 Å². The first-order chi connectivity index (χ1) is 17.3. The van der Waals surface area contributed by atoms with Crippen LogP contribution in [-0.4, -0.2) is 49.2 Å². The maximum absolute atomic E-state index is 13.8. The zero-order valence-electron chi connectivity index (χ0n) is 19.3. The first-order valence-electron chi connectivity index (χ1n) is 11.4. The van der Waals surface area contributed by atoms with Crippen molar-refractivity contribution in [1.29, 1.82) is 0 Å². The Labute approximate surface area is 205 Å². The maximum Gasteiger partial charge on any atom is 0.334 e. The number of nitrogens with two attached hydrogens (primary N) is 1. The third-order valence-electron chi connectivity index (χ3n) is 6.18. The van der Waals surface area contributed by atoms with Crippen molar-refractivity contribution in [3.63, 3.8) is 0 Å². The number of anilines is 1. The number of fused-ring (bicyclic) bond motifs is 1. The maximum atomic E-state index is 13.8. The highest BCUT2D eigenvalue weighted by atomic mass is 19.1. The summed E-state index contributed by atoms with van der Waals surface area (Å²) in [6.45, 7) is 3.05. The van der Waals surface area contributed by atoms with Crippen molar-refractivity contribution in [3.8, 4) is 17.2 Å². The Bertz CT molecular complexity index is 1500. The quantitative estimate of drug-likeness (QED) is 0.416. The lowest BCUT2D eigenvalue weighted by Crippen LogP contribution is -2.48. The number of nitrogen functional groups attached to an aromatic ring is 1. The number of nitrogens with zero attached hydrogens (tertiary/aromatic N) is 4. The molecule has 0 radical (unpaired) electrons. The number of β-amino-alcohol motifs (C(OH)–C–C–N with tert-alkyl or cyclic N) is 1. The van der Waals surface area contributed by atoms with Crippen LogP contribution in [-0.2, 0) is 4.79 Å². The summed E-state index contributed by atoms with van der Waals surface area (Å²) in [4.78, 5) is 31.3. The Hall–Kier alpha value is -4.44. The molecule has 4 aromatic rings. The lowest BCUT2D eigenvalue weighted by Gasteiger charge is -2.35. The second kappa shape index (κ2) is 9.31. The van der Waals surface area contributed by atoms with Crippen LogP contribution >= 0.6 is 0 Å². The number of aliphatic hydroxyl groups excluding tert-OH is 1. The number of imidazole rings is 1. The number of carbonyl (C=O) groups is 1. The topological polar surface area (TPSA) is 116 Å². The molecule has 0 spiro atoms. The highest BCUT2D eigenvalue weighted by Gasteiger charge is 2.33. The zero-order valence-corrected chi connectivity index (χ0v) is 19.3. The van der Waals surface area contributed by atoms with E-state index in [1.54, 1.807) is 30.3 Å². The number of hydrogen-bond acceptors (Lipinski definition) is 6. The molecule has 36 heavy (non-hydrogen) atoms. The molecule has 2 aromatic heterocycles. The molecule has 184 valence electrons. The van der Waals surface area contributed by atoms with E-state index in [0.717, 1.165) is 4.90 Å². The lowest BCUT2D eigenvalue weighted by atomic mass is 10.0. The third kappa shape index (κ3) is 4.22. The molecule has 3 N–H and O–H groups in total. The van der Waals surface area contributed by atoms with Crippen molar-refractivity contribution >= 4 is 22.8 Å². The van der Waals surface area contributed by atoms with Gasteiger partial charge in [-0.2, -0.15) is 0 Å². The van der Waals surface area contributed by atoms with Gasteiger partial charge < -0.3 is 20.5 Å². The molecular weight excluding hydrogens is 465 g/mol. The number of pyridine rings is 1. The molecule has 1 fully saturated rings. The van der Waals surface area contributed by atoms with Crippen molar-refractivity contribution in [2.24, 2.45) is 0 Å². The first-order valence-corrected chi connectivity index (χ1v) is 11.4. The second-order valence-electron chi connectivity index (χ2n) is 8.62. The van der Waals surface area contributed by atoms with Crippen LogP contribution in [0.2, 0.25) is 0 Å². The number of ether oxygens (including phenoxy) is 1. The van der Waals surface area contributed by atoms with E-state index in [-0.39, 0.29) is 25.3 Å². The van der Waals surface area contributed by atoms with Crippen LogP contribution in [0.3, 0.4) is 0 Å². The summed E-state index contributed by atoms with van der Waals surface area (Å²) in [5.74, 6) is -0.619. The van der Waals surface area contributed by atoms with Crippen LogP contribution < -0.4 is 16.2 Å². The highest BCUT2D eigenvalue weighted by Crippen LogP contribution is 2.30. The van der Waals surface area contributed by atoms with Gasteiger partial charge in [0.15, 0.2) is 5.83 Å². The molecule has 10 heteroatoms. The summed E-state index contributed by atoms with van der Waals surface area (Å²) < 4.78 is 22.3. The lowest BCUT2D eigenvalue weighted by molar-refractivity contribution is -0.132. The van der Waals surface area contributed by atoms with Gasteiger partial charge in [-0.1, -0.05) is 24.8 Å².